The van der Waals surface area contributed by atoms with E-state index in [0.29, 0.717) is 37.0 Å². The number of nitrogens with one attached hydrogen (secondary N) is 2. The number of aromatic nitrogens is 8. The minimum Gasteiger partial charge on any atom is -0.476 e. The number of nitrogen functional groups attached to an aromatic ring is 1. The van der Waals surface area contributed by atoms with Gasteiger partial charge in [0.15, 0.2) is 11.4 Å². The van der Waals surface area contributed by atoms with Crippen molar-refractivity contribution in [1.29, 1.82) is 0 Å². The van der Waals surface area contributed by atoms with E-state index in [1.165, 1.54) is 5.56 Å². The number of carbonyl (C=O) groups excluding carboxylic acids is 1. The van der Waals surface area contributed by atoms with Crippen LogP contribution >= 0.6 is 0 Å². The van der Waals surface area contributed by atoms with Crippen LogP contribution in [-0.4, -0.2) is 97.6 Å². The molecule has 6 heterocycles. The number of aromatic carboxylic acids is 1. The Hall–Kier alpha value is -5.88. The summed E-state index contributed by atoms with van der Waals surface area (Å²) in [6.45, 7) is 12.6. The molecule has 340 valence electrons. The number of fused-ring (bicyclic) bond motifs is 2. The van der Waals surface area contributed by atoms with Crippen molar-refractivity contribution in [1.82, 2.24) is 39.5 Å². The van der Waals surface area contributed by atoms with Crippen LogP contribution in [0.3, 0.4) is 0 Å². The van der Waals surface area contributed by atoms with Gasteiger partial charge in [0.2, 0.25) is 0 Å². The normalized spacial score (nSPS) is 16.4. The summed E-state index contributed by atoms with van der Waals surface area (Å²) in [6, 6.07) is 21.4. The molecule has 2 aromatic carbocycles. The van der Waals surface area contributed by atoms with Gasteiger partial charge in [-0.15, -0.1) is 0 Å². The summed E-state index contributed by atoms with van der Waals surface area (Å²) in [7, 11) is -1.12. The summed E-state index contributed by atoms with van der Waals surface area (Å²) in [5, 5.41) is 32.4. The maximum absolute atomic E-state index is 12.7. The molecule has 5 N–H and O–H groups in total. The number of nitrogens with two attached hydrogens (primary N) is 1. The van der Waals surface area contributed by atoms with Crippen LogP contribution in [0.1, 0.15) is 74.9 Å². The van der Waals surface area contributed by atoms with Crippen LogP contribution in [-0.2, 0) is 59.7 Å². The van der Waals surface area contributed by atoms with Gasteiger partial charge in [-0.05, 0) is 55.7 Å². The van der Waals surface area contributed by atoms with E-state index < -0.39 is 14.0 Å². The Labute approximate surface area is 375 Å². The van der Waals surface area contributed by atoms with Gasteiger partial charge in [-0.1, -0.05) is 87.7 Å². The van der Waals surface area contributed by atoms with Crippen molar-refractivity contribution in [3.05, 3.63) is 130 Å². The molecule has 4 aliphatic rings. The Morgan fingerprint density at radius 1 is 0.844 bits per heavy atom. The minimum absolute atomic E-state index is 0. The fraction of sp³-hybridized carbons (Fsp3) is 0.447. The lowest BCUT2D eigenvalue weighted by atomic mass is 9.72. The van der Waals surface area contributed by atoms with Crippen LogP contribution in [0.15, 0.2) is 85.5 Å². The van der Waals surface area contributed by atoms with E-state index in [2.05, 4.69) is 74.7 Å². The number of ether oxygens (including phenoxy) is 3. The first-order valence-corrected chi connectivity index (χ1v) is 25.4. The van der Waals surface area contributed by atoms with Crippen molar-refractivity contribution in [3.63, 3.8) is 0 Å². The number of benzene rings is 2. The van der Waals surface area contributed by atoms with Crippen molar-refractivity contribution in [2.75, 3.05) is 44.1 Å². The molecule has 10 rings (SSSR count). The predicted octanol–water partition coefficient (Wildman–Crippen LogP) is 6.96. The number of nitrogens with zero attached hydrogens (tertiary/aromatic N) is 7. The largest absolute Gasteiger partial charge is 0.476 e. The van der Waals surface area contributed by atoms with Gasteiger partial charge in [0.05, 0.1) is 63.3 Å². The van der Waals surface area contributed by atoms with Crippen LogP contribution in [0.5, 0.6) is 0 Å². The lowest BCUT2D eigenvalue weighted by Gasteiger charge is -2.44. The summed E-state index contributed by atoms with van der Waals surface area (Å²) in [4.78, 5) is 24.2. The smallest absolute Gasteiger partial charge is 0.356 e. The number of hydrogen-bond donors (Lipinski definition) is 4. The van der Waals surface area contributed by atoms with Gasteiger partial charge in [0, 0.05) is 60.4 Å². The van der Waals surface area contributed by atoms with Crippen molar-refractivity contribution in [2.24, 2.45) is 10.8 Å². The SMILES string of the molecule is C.C[Si](C)(C)CCOCn1nc(C(=O)O)c2c1CC1(CC2)COC1.Nc1cnn(Cc2ccccc2)c1.O=C(Nc1cnn(Cc2ccccc2)c1)c1n[nH]c2c1CCC1(COC1)C2. The second-order valence-corrected chi connectivity index (χ2v) is 24.2. The van der Waals surface area contributed by atoms with Crippen molar-refractivity contribution >= 4 is 31.3 Å². The Morgan fingerprint density at radius 2 is 1.44 bits per heavy atom. The average Bonchev–Trinajstić information content (AvgIpc) is 4.05. The van der Waals surface area contributed by atoms with E-state index in [9.17, 15) is 14.7 Å². The van der Waals surface area contributed by atoms with Gasteiger partial charge >= 0.3 is 5.97 Å². The number of carboxylic acids is 1. The molecule has 2 aliphatic heterocycles. The molecule has 6 aromatic rings. The third kappa shape index (κ3) is 11.2. The van der Waals surface area contributed by atoms with E-state index in [4.69, 9.17) is 19.9 Å². The number of anilines is 2. The van der Waals surface area contributed by atoms with Gasteiger partial charge in [-0.25, -0.2) is 9.48 Å². The van der Waals surface area contributed by atoms with Gasteiger partial charge in [-0.3, -0.25) is 19.3 Å². The van der Waals surface area contributed by atoms with Gasteiger partial charge < -0.3 is 30.4 Å². The second-order valence-electron chi connectivity index (χ2n) is 18.6. The molecule has 4 aromatic heterocycles. The van der Waals surface area contributed by atoms with Crippen molar-refractivity contribution in [3.8, 4) is 0 Å². The van der Waals surface area contributed by atoms with E-state index >= 15 is 0 Å². The van der Waals surface area contributed by atoms with Gasteiger partial charge in [0.1, 0.15) is 6.73 Å². The fourth-order valence-corrected chi connectivity index (χ4v) is 9.24. The number of H-pyrrole nitrogens is 1. The minimum atomic E-state index is -1.12. The molecule has 0 radical (unpaired) electrons. The molecule has 2 spiro atoms. The topological polar surface area (TPSA) is 202 Å². The Bertz CT molecular complexity index is 2480. The molecular formula is C47H62N10O6Si. The third-order valence-corrected chi connectivity index (χ3v) is 13.9. The first kappa shape index (κ1) is 46.1. The lowest BCUT2D eigenvalue weighted by Crippen LogP contribution is -2.47. The molecule has 2 aliphatic carbocycles. The van der Waals surface area contributed by atoms with Crippen molar-refractivity contribution < 1.29 is 28.9 Å². The zero-order chi connectivity index (χ0) is 44.0. The number of carboxylic acid groups (broad SMARTS) is 1. The lowest BCUT2D eigenvalue weighted by molar-refractivity contribution is -0.121. The monoisotopic (exact) mass is 890 g/mol. The molecule has 2 saturated heterocycles. The van der Waals surface area contributed by atoms with Crippen LogP contribution in [0.25, 0.3) is 0 Å². The second kappa shape index (κ2) is 19.9. The maximum atomic E-state index is 12.7. The summed E-state index contributed by atoms with van der Waals surface area (Å²) < 4.78 is 22.0. The first-order valence-electron chi connectivity index (χ1n) is 21.7. The van der Waals surface area contributed by atoms with E-state index in [0.717, 1.165) is 106 Å². The summed E-state index contributed by atoms with van der Waals surface area (Å²) in [6.07, 6.45) is 12.4. The molecule has 2 fully saturated rings. The molecule has 16 nitrogen and oxygen atoms in total. The number of amides is 1. The Kier molecular flexibility index (Phi) is 14.3. The highest BCUT2D eigenvalue weighted by Gasteiger charge is 2.45. The molecule has 0 bridgehead atoms. The number of carbonyl (C=O) groups is 2. The predicted molar refractivity (Wildman–Crippen MR) is 247 cm³/mol. The van der Waals surface area contributed by atoms with Crippen LogP contribution in [0, 0.1) is 10.8 Å². The highest BCUT2D eigenvalue weighted by molar-refractivity contribution is 6.76. The molecule has 0 unspecified atom stereocenters. The first-order chi connectivity index (χ1) is 30.3. The quantitative estimate of drug-likeness (QED) is 0.0731. The summed E-state index contributed by atoms with van der Waals surface area (Å²) >= 11 is 0. The van der Waals surface area contributed by atoms with E-state index in [-0.39, 0.29) is 29.9 Å². The Balaban J connectivity index is 0.000000151. The molecule has 17 heteroatoms. The number of rotatable bonds is 12. The number of aromatic amines is 1. The molecule has 0 atom stereocenters. The molecule has 64 heavy (non-hydrogen) atoms. The van der Waals surface area contributed by atoms with Gasteiger partial charge in [0.25, 0.3) is 5.91 Å². The zero-order valence-electron chi connectivity index (χ0n) is 36.4. The van der Waals surface area contributed by atoms with Crippen molar-refractivity contribution in [2.45, 2.75) is 91.5 Å². The Morgan fingerprint density at radius 3 is 2.00 bits per heavy atom. The third-order valence-electron chi connectivity index (χ3n) is 12.2. The van der Waals surface area contributed by atoms with E-state index in [1.54, 1.807) is 17.1 Å². The molecule has 0 saturated carbocycles. The number of hydrogen-bond acceptors (Lipinski definition) is 10. The molecular weight excluding hydrogens is 829 g/mol. The fourth-order valence-electron chi connectivity index (χ4n) is 8.48. The van der Waals surface area contributed by atoms with Crippen LogP contribution in [0.2, 0.25) is 25.7 Å². The molecule has 1 amide bonds. The average molecular weight is 891 g/mol. The standard InChI is InChI=1S/C20H21N5O2.C16H26N2O4Si.C10H11N3.CH4/c26-19(18-16-6-7-20(12-27-13-20)8-17(16)23-24-18)22-15-9-21-25(11-15)10-14-4-2-1-3-5-14;1-23(2,3)7-6-21-11-18-13-8-16(9-22-10-16)5-4-12(13)14(17-18)15(19)20;11-10-6-12-13(8-10)7-9-4-2-1-3-5-9;/h1-5,9,11H,6-8,10,12-13H2,(H,22,26)(H,23,24);4-11H2,1-3H3,(H,19,20);1-6,8H,7,11H2;1H4. The summed E-state index contributed by atoms with van der Waals surface area (Å²) in [5.74, 6) is -1.13. The van der Waals surface area contributed by atoms with Crippen LogP contribution in [0.4, 0.5) is 11.4 Å². The highest BCUT2D eigenvalue weighted by atomic mass is 28.3. The van der Waals surface area contributed by atoms with Crippen LogP contribution < -0.4 is 11.1 Å². The van der Waals surface area contributed by atoms with E-state index in [1.807, 2.05) is 58.2 Å². The summed E-state index contributed by atoms with van der Waals surface area (Å²) in [5.41, 5.74) is 14.5. The maximum Gasteiger partial charge on any atom is 0.356 e. The van der Waals surface area contributed by atoms with Gasteiger partial charge in [-0.2, -0.15) is 20.4 Å². The highest BCUT2D eigenvalue weighted by Crippen LogP contribution is 2.43. The zero-order valence-corrected chi connectivity index (χ0v) is 37.4.